The van der Waals surface area contributed by atoms with Crippen LogP contribution in [0.25, 0.3) is 0 Å². The number of likely N-dealkylation sites (tertiary alicyclic amines) is 1. The highest BCUT2D eigenvalue weighted by atomic mass is 35.5. The monoisotopic (exact) mass is 352 g/mol. The quantitative estimate of drug-likeness (QED) is 0.749. The van der Waals surface area contributed by atoms with Gasteiger partial charge in [0.05, 0.1) is 6.17 Å². The van der Waals surface area contributed by atoms with E-state index in [0.717, 1.165) is 32.4 Å². The van der Waals surface area contributed by atoms with Gasteiger partial charge in [-0.2, -0.15) is 0 Å². The predicted octanol–water partition coefficient (Wildman–Crippen LogP) is 1.51. The molecule has 3 rings (SSSR count). The largest absolute Gasteiger partial charge is 0.484 e. The lowest BCUT2D eigenvalue weighted by molar-refractivity contribution is -0.124. The first-order valence-corrected chi connectivity index (χ1v) is 8.91. The molecule has 24 heavy (non-hydrogen) atoms. The number of rotatable bonds is 5. The number of nitrogens with one attached hydrogen (secondary N) is 3. The van der Waals surface area contributed by atoms with Crippen molar-refractivity contribution in [3.05, 3.63) is 29.3 Å². The second-order valence-corrected chi connectivity index (χ2v) is 7.00. The van der Waals surface area contributed by atoms with Crippen LogP contribution in [-0.2, 0) is 4.79 Å². The van der Waals surface area contributed by atoms with E-state index < -0.39 is 0 Å². The minimum atomic E-state index is -0.0716. The van der Waals surface area contributed by atoms with Crippen LogP contribution in [-0.4, -0.2) is 48.8 Å². The molecule has 2 aliphatic rings. The molecule has 132 valence electrons. The van der Waals surface area contributed by atoms with Crippen LogP contribution in [0.15, 0.2) is 24.3 Å². The summed E-state index contributed by atoms with van der Waals surface area (Å²) in [4.78, 5) is 14.5. The highest BCUT2D eigenvalue weighted by molar-refractivity contribution is 6.30. The van der Waals surface area contributed by atoms with Crippen LogP contribution in [0.1, 0.15) is 26.2 Å². The number of amides is 1. The van der Waals surface area contributed by atoms with Crippen LogP contribution in [0.2, 0.25) is 5.02 Å². The summed E-state index contributed by atoms with van der Waals surface area (Å²) in [5, 5.41) is 3.72. The van der Waals surface area contributed by atoms with Gasteiger partial charge in [0, 0.05) is 30.2 Å². The number of ether oxygens (including phenoxy) is 1. The third kappa shape index (κ3) is 4.83. The first-order chi connectivity index (χ1) is 11.6. The minimum absolute atomic E-state index is 0.0352. The highest BCUT2D eigenvalue weighted by Crippen LogP contribution is 2.17. The molecule has 2 atom stereocenters. The van der Waals surface area contributed by atoms with Gasteiger partial charge in [-0.15, -0.1) is 0 Å². The van der Waals surface area contributed by atoms with Gasteiger partial charge >= 0.3 is 0 Å². The lowest BCUT2D eigenvalue weighted by atomic mass is 10.0. The maximum atomic E-state index is 12.0. The predicted molar refractivity (Wildman–Crippen MR) is 93.8 cm³/mol. The van der Waals surface area contributed by atoms with E-state index in [0.29, 0.717) is 23.0 Å². The van der Waals surface area contributed by atoms with E-state index >= 15 is 0 Å². The summed E-state index contributed by atoms with van der Waals surface area (Å²) in [5.41, 5.74) is 6.59. The lowest BCUT2D eigenvalue weighted by Crippen LogP contribution is -2.52. The second-order valence-electron chi connectivity index (χ2n) is 6.56. The molecule has 6 nitrogen and oxygen atoms in total. The third-order valence-corrected chi connectivity index (χ3v) is 4.84. The van der Waals surface area contributed by atoms with Crippen LogP contribution in [0.3, 0.4) is 0 Å². The van der Waals surface area contributed by atoms with E-state index in [2.05, 4.69) is 28.0 Å². The van der Waals surface area contributed by atoms with Gasteiger partial charge in [-0.25, -0.2) is 5.43 Å². The molecule has 1 amide bonds. The van der Waals surface area contributed by atoms with E-state index in [1.54, 1.807) is 24.3 Å². The van der Waals surface area contributed by atoms with Crippen LogP contribution < -0.4 is 20.9 Å². The Labute approximate surface area is 147 Å². The first-order valence-electron chi connectivity index (χ1n) is 8.53. The van der Waals surface area contributed by atoms with Crippen molar-refractivity contribution in [1.82, 2.24) is 21.1 Å². The third-order valence-electron chi connectivity index (χ3n) is 4.59. The summed E-state index contributed by atoms with van der Waals surface area (Å²) in [6.07, 6.45) is 3.47. The number of carbonyl (C=O) groups is 1. The molecule has 0 spiro atoms. The Morgan fingerprint density at radius 2 is 2.00 bits per heavy atom. The molecule has 2 heterocycles. The summed E-state index contributed by atoms with van der Waals surface area (Å²) in [5.74, 6) is 0.580. The Bertz CT molecular complexity index is 546. The van der Waals surface area contributed by atoms with Gasteiger partial charge in [0.1, 0.15) is 5.75 Å². The van der Waals surface area contributed by atoms with Crippen molar-refractivity contribution >= 4 is 17.5 Å². The van der Waals surface area contributed by atoms with Crippen LogP contribution >= 0.6 is 11.6 Å². The van der Waals surface area contributed by atoms with Crippen molar-refractivity contribution in [2.75, 3.05) is 19.7 Å². The Balaban J connectivity index is 1.36. The highest BCUT2D eigenvalue weighted by Gasteiger charge is 2.29. The van der Waals surface area contributed by atoms with E-state index in [4.69, 9.17) is 16.3 Å². The SMILES string of the molecule is CC1CC(N2CCC(NC(=O)COc3ccc(Cl)cc3)CC2)NN1. The average molecular weight is 353 g/mol. The molecule has 1 aromatic rings. The molecule has 0 aromatic heterocycles. The van der Waals surface area contributed by atoms with Gasteiger partial charge in [0.15, 0.2) is 6.61 Å². The number of nitrogens with zero attached hydrogens (tertiary/aromatic N) is 1. The van der Waals surface area contributed by atoms with Gasteiger partial charge in [0.2, 0.25) is 0 Å². The number of carbonyl (C=O) groups excluding carboxylic acids is 1. The van der Waals surface area contributed by atoms with E-state index in [-0.39, 0.29) is 18.6 Å². The second kappa shape index (κ2) is 8.16. The minimum Gasteiger partial charge on any atom is -0.484 e. The average Bonchev–Trinajstić information content (AvgIpc) is 3.01. The van der Waals surface area contributed by atoms with Crippen molar-refractivity contribution < 1.29 is 9.53 Å². The molecule has 2 fully saturated rings. The van der Waals surface area contributed by atoms with Gasteiger partial charge in [0.25, 0.3) is 5.91 Å². The maximum absolute atomic E-state index is 12.0. The molecular weight excluding hydrogens is 328 g/mol. The van der Waals surface area contributed by atoms with E-state index in [9.17, 15) is 4.79 Å². The van der Waals surface area contributed by atoms with Crippen LogP contribution in [0.4, 0.5) is 0 Å². The molecule has 3 N–H and O–H groups in total. The molecule has 0 saturated carbocycles. The number of piperidine rings is 1. The number of benzene rings is 1. The van der Waals surface area contributed by atoms with Crippen molar-refractivity contribution in [3.8, 4) is 5.75 Å². The Kier molecular flexibility index (Phi) is 5.94. The van der Waals surface area contributed by atoms with Gasteiger partial charge in [-0.1, -0.05) is 11.6 Å². The Morgan fingerprint density at radius 3 is 2.62 bits per heavy atom. The Morgan fingerprint density at radius 1 is 1.29 bits per heavy atom. The molecule has 2 saturated heterocycles. The maximum Gasteiger partial charge on any atom is 0.258 e. The Hall–Kier alpha value is -1.34. The molecule has 1 aromatic carbocycles. The van der Waals surface area contributed by atoms with Crippen molar-refractivity contribution in [1.29, 1.82) is 0 Å². The van der Waals surface area contributed by atoms with Crippen molar-refractivity contribution in [2.24, 2.45) is 0 Å². The topological polar surface area (TPSA) is 65.6 Å². The molecule has 0 aliphatic carbocycles. The summed E-state index contributed by atoms with van der Waals surface area (Å²) in [6.45, 7) is 4.21. The molecule has 0 radical (unpaired) electrons. The first kappa shape index (κ1) is 17.5. The number of hydrogen-bond donors (Lipinski definition) is 3. The van der Waals surface area contributed by atoms with Gasteiger partial charge in [-0.3, -0.25) is 15.1 Å². The fourth-order valence-electron chi connectivity index (χ4n) is 3.24. The van der Waals surface area contributed by atoms with Crippen molar-refractivity contribution in [3.63, 3.8) is 0 Å². The van der Waals surface area contributed by atoms with Crippen LogP contribution in [0, 0.1) is 0 Å². The standard InChI is InChI=1S/C17H25ClN4O2/c1-12-10-16(21-20-12)22-8-6-14(7-9-22)19-17(23)11-24-15-4-2-13(18)3-5-15/h2-5,12,14,16,20-21H,6-11H2,1H3,(H,19,23). The zero-order valence-corrected chi connectivity index (χ0v) is 14.7. The summed E-state index contributed by atoms with van der Waals surface area (Å²) < 4.78 is 5.48. The zero-order chi connectivity index (χ0) is 16.9. The van der Waals surface area contributed by atoms with Crippen molar-refractivity contribution in [2.45, 2.75) is 44.4 Å². The normalized spacial score (nSPS) is 25.6. The van der Waals surface area contributed by atoms with E-state index in [1.165, 1.54) is 0 Å². The van der Waals surface area contributed by atoms with E-state index in [1.807, 2.05) is 0 Å². The molecule has 2 unspecified atom stereocenters. The van der Waals surface area contributed by atoms with Gasteiger partial charge in [-0.05, 0) is 50.5 Å². The summed E-state index contributed by atoms with van der Waals surface area (Å²) in [6, 6.07) is 7.76. The zero-order valence-electron chi connectivity index (χ0n) is 13.9. The lowest BCUT2D eigenvalue weighted by Gasteiger charge is -2.35. The molecule has 7 heteroatoms. The smallest absolute Gasteiger partial charge is 0.258 e. The fraction of sp³-hybridized carbons (Fsp3) is 0.588. The number of halogens is 1. The summed E-state index contributed by atoms with van der Waals surface area (Å²) in [7, 11) is 0. The van der Waals surface area contributed by atoms with Gasteiger partial charge < -0.3 is 10.1 Å². The number of hydrogen-bond acceptors (Lipinski definition) is 5. The van der Waals surface area contributed by atoms with Crippen LogP contribution in [0.5, 0.6) is 5.75 Å². The molecule has 0 bridgehead atoms. The fourth-order valence-corrected chi connectivity index (χ4v) is 3.36. The molecular formula is C17H25ClN4O2. The molecule has 2 aliphatic heterocycles. The summed E-state index contributed by atoms with van der Waals surface area (Å²) >= 11 is 5.82. The number of hydrazine groups is 1.